The zero-order valence-corrected chi connectivity index (χ0v) is 20.9. The van der Waals surface area contributed by atoms with Gasteiger partial charge >= 0.3 is 0 Å². The number of likely N-dealkylation sites (N-methyl/N-ethyl adjacent to an activating group) is 1. The Hall–Kier alpha value is -2.08. The van der Waals surface area contributed by atoms with Crippen LogP contribution >= 0.6 is 23.2 Å². The molecular formula is C26H33Cl2N3O2. The highest BCUT2D eigenvalue weighted by Gasteiger charge is 2.37. The Balaban J connectivity index is 1.41. The van der Waals surface area contributed by atoms with E-state index >= 15 is 0 Å². The lowest BCUT2D eigenvalue weighted by Gasteiger charge is -2.45. The zero-order valence-electron chi connectivity index (χ0n) is 19.4. The van der Waals surface area contributed by atoms with Gasteiger partial charge in [0.2, 0.25) is 11.8 Å². The van der Waals surface area contributed by atoms with Crippen molar-refractivity contribution in [2.75, 3.05) is 14.1 Å². The van der Waals surface area contributed by atoms with E-state index in [4.69, 9.17) is 23.2 Å². The fourth-order valence-corrected chi connectivity index (χ4v) is 4.87. The highest BCUT2D eigenvalue weighted by molar-refractivity contribution is 6.30. The third-order valence-electron chi connectivity index (χ3n) is 6.63. The van der Waals surface area contributed by atoms with Gasteiger partial charge in [-0.1, -0.05) is 47.5 Å². The summed E-state index contributed by atoms with van der Waals surface area (Å²) in [6.45, 7) is 0.430. The molecule has 33 heavy (non-hydrogen) atoms. The number of nitrogens with one attached hydrogen (secondary N) is 2. The van der Waals surface area contributed by atoms with Crippen molar-refractivity contribution in [3.8, 4) is 0 Å². The van der Waals surface area contributed by atoms with Gasteiger partial charge in [-0.2, -0.15) is 0 Å². The molecule has 0 unspecified atom stereocenters. The van der Waals surface area contributed by atoms with Crippen LogP contribution < -0.4 is 10.6 Å². The standard InChI is InChI=1S/C26H33Cl2N3O2/c1-31(2)26(17-20-4-3-5-22(28)16-20)14-12-23(13-15-26)30-25(33)11-10-24(32)29-18-19-6-8-21(27)9-7-19/h3-9,16,23H,10-15,17-18H2,1-2H3,(H,29,32)(H,30,33). The molecule has 2 aromatic rings. The molecule has 5 nitrogen and oxygen atoms in total. The van der Waals surface area contributed by atoms with Crippen molar-refractivity contribution in [1.29, 1.82) is 0 Å². The summed E-state index contributed by atoms with van der Waals surface area (Å²) < 4.78 is 0. The van der Waals surface area contributed by atoms with Crippen LogP contribution in [-0.2, 0) is 22.6 Å². The summed E-state index contributed by atoms with van der Waals surface area (Å²) in [6.07, 6.45) is 5.17. The van der Waals surface area contributed by atoms with E-state index in [2.05, 4.69) is 35.7 Å². The predicted octanol–water partition coefficient (Wildman–Crippen LogP) is 4.99. The number of carbonyl (C=O) groups is 2. The molecular weight excluding hydrogens is 457 g/mol. The second kappa shape index (κ2) is 11.9. The van der Waals surface area contributed by atoms with E-state index in [1.54, 1.807) is 12.1 Å². The van der Waals surface area contributed by atoms with E-state index in [-0.39, 0.29) is 36.2 Å². The van der Waals surface area contributed by atoms with Crippen molar-refractivity contribution in [3.63, 3.8) is 0 Å². The zero-order chi connectivity index (χ0) is 23.8. The van der Waals surface area contributed by atoms with Crippen molar-refractivity contribution in [2.45, 2.75) is 63.1 Å². The maximum Gasteiger partial charge on any atom is 0.220 e. The predicted molar refractivity (Wildman–Crippen MR) is 135 cm³/mol. The van der Waals surface area contributed by atoms with E-state index in [1.165, 1.54) is 5.56 Å². The summed E-state index contributed by atoms with van der Waals surface area (Å²) in [7, 11) is 4.26. The quantitative estimate of drug-likeness (QED) is 0.521. The highest BCUT2D eigenvalue weighted by Crippen LogP contribution is 2.36. The van der Waals surface area contributed by atoms with E-state index in [0.717, 1.165) is 42.7 Å². The third-order valence-corrected chi connectivity index (χ3v) is 7.12. The minimum atomic E-state index is -0.128. The lowest BCUT2D eigenvalue weighted by molar-refractivity contribution is -0.127. The molecule has 7 heteroatoms. The number of halogens is 2. The summed E-state index contributed by atoms with van der Waals surface area (Å²) in [5, 5.41) is 7.41. The van der Waals surface area contributed by atoms with Gasteiger partial charge in [-0.3, -0.25) is 9.59 Å². The van der Waals surface area contributed by atoms with Gasteiger partial charge in [0.15, 0.2) is 0 Å². The first-order valence-electron chi connectivity index (χ1n) is 11.5. The largest absolute Gasteiger partial charge is 0.353 e. The molecule has 2 aromatic carbocycles. The van der Waals surface area contributed by atoms with Crippen molar-refractivity contribution in [1.82, 2.24) is 15.5 Å². The molecule has 0 heterocycles. The van der Waals surface area contributed by atoms with Gasteiger partial charge in [-0.25, -0.2) is 0 Å². The number of amides is 2. The number of carbonyl (C=O) groups excluding carboxylic acids is 2. The smallest absolute Gasteiger partial charge is 0.220 e. The van der Waals surface area contributed by atoms with Crippen LogP contribution in [0.5, 0.6) is 0 Å². The Morgan fingerprint density at radius 2 is 1.61 bits per heavy atom. The maximum absolute atomic E-state index is 12.4. The van der Waals surface area contributed by atoms with Crippen LogP contribution in [0.2, 0.25) is 10.0 Å². The van der Waals surface area contributed by atoms with Crippen LogP contribution in [0.15, 0.2) is 48.5 Å². The summed E-state index contributed by atoms with van der Waals surface area (Å²) in [5.41, 5.74) is 2.28. The molecule has 1 fully saturated rings. The van der Waals surface area contributed by atoms with Crippen molar-refractivity contribution in [2.24, 2.45) is 0 Å². The molecule has 0 aromatic heterocycles. The van der Waals surface area contributed by atoms with Crippen molar-refractivity contribution >= 4 is 35.0 Å². The first-order valence-corrected chi connectivity index (χ1v) is 12.2. The minimum Gasteiger partial charge on any atom is -0.353 e. The molecule has 178 valence electrons. The Labute approximate surface area is 206 Å². The number of benzene rings is 2. The first-order chi connectivity index (χ1) is 15.8. The Kier molecular flexibility index (Phi) is 9.19. The number of rotatable bonds is 9. The molecule has 0 radical (unpaired) electrons. The maximum atomic E-state index is 12.4. The Morgan fingerprint density at radius 1 is 0.939 bits per heavy atom. The number of nitrogens with zero attached hydrogens (tertiary/aromatic N) is 1. The van der Waals surface area contributed by atoms with Crippen LogP contribution in [0, 0.1) is 0 Å². The number of hydrogen-bond donors (Lipinski definition) is 2. The van der Waals surface area contributed by atoms with Gasteiger partial charge in [-0.05, 0) is 81.6 Å². The molecule has 2 amide bonds. The minimum absolute atomic E-state index is 0.0613. The molecule has 3 rings (SSSR count). The highest BCUT2D eigenvalue weighted by atomic mass is 35.5. The molecule has 0 saturated heterocycles. The van der Waals surface area contributed by atoms with Gasteiger partial charge < -0.3 is 15.5 Å². The fourth-order valence-electron chi connectivity index (χ4n) is 4.53. The Bertz CT molecular complexity index is 939. The molecule has 0 atom stereocenters. The van der Waals surface area contributed by atoms with Crippen LogP contribution in [0.25, 0.3) is 0 Å². The molecule has 1 saturated carbocycles. The van der Waals surface area contributed by atoms with Crippen LogP contribution in [0.3, 0.4) is 0 Å². The molecule has 2 N–H and O–H groups in total. The molecule has 1 aliphatic rings. The van der Waals surface area contributed by atoms with Crippen molar-refractivity contribution in [3.05, 3.63) is 69.7 Å². The normalized spacial score (nSPS) is 20.5. The van der Waals surface area contributed by atoms with Gasteiger partial charge in [0, 0.05) is 41.0 Å². The first kappa shape index (κ1) is 25.5. The monoisotopic (exact) mass is 489 g/mol. The van der Waals surface area contributed by atoms with E-state index in [9.17, 15) is 9.59 Å². The van der Waals surface area contributed by atoms with Gasteiger partial charge in [-0.15, -0.1) is 0 Å². The molecule has 0 spiro atoms. The third kappa shape index (κ3) is 7.73. The fraction of sp³-hybridized carbons (Fsp3) is 0.462. The Morgan fingerprint density at radius 3 is 2.24 bits per heavy atom. The second-order valence-corrected chi connectivity index (χ2v) is 10.0. The van der Waals surface area contributed by atoms with Crippen LogP contribution in [-0.4, -0.2) is 42.4 Å². The number of hydrogen-bond acceptors (Lipinski definition) is 3. The summed E-state index contributed by atoms with van der Waals surface area (Å²) >= 11 is 12.1. The van der Waals surface area contributed by atoms with Gasteiger partial charge in [0.1, 0.15) is 0 Å². The van der Waals surface area contributed by atoms with Crippen LogP contribution in [0.1, 0.15) is 49.7 Å². The van der Waals surface area contributed by atoms with Gasteiger partial charge in [0.25, 0.3) is 0 Å². The summed E-state index contributed by atoms with van der Waals surface area (Å²) in [5.74, 6) is -0.189. The molecule has 0 aliphatic heterocycles. The van der Waals surface area contributed by atoms with Gasteiger partial charge in [0.05, 0.1) is 0 Å². The van der Waals surface area contributed by atoms with E-state index in [1.807, 2.05) is 30.3 Å². The molecule has 0 bridgehead atoms. The topological polar surface area (TPSA) is 61.4 Å². The van der Waals surface area contributed by atoms with Crippen molar-refractivity contribution < 1.29 is 9.59 Å². The van der Waals surface area contributed by atoms with E-state index in [0.29, 0.717) is 11.6 Å². The van der Waals surface area contributed by atoms with Crippen LogP contribution in [0.4, 0.5) is 0 Å². The SMILES string of the molecule is CN(C)C1(Cc2cccc(Cl)c2)CCC(NC(=O)CCC(=O)NCc2ccc(Cl)cc2)CC1. The lowest BCUT2D eigenvalue weighted by atomic mass is 9.75. The summed E-state index contributed by atoms with van der Waals surface area (Å²) in [4.78, 5) is 26.8. The second-order valence-electron chi connectivity index (χ2n) is 9.17. The lowest BCUT2D eigenvalue weighted by Crippen LogP contribution is -2.52. The average Bonchev–Trinajstić information content (AvgIpc) is 2.78. The summed E-state index contributed by atoms with van der Waals surface area (Å²) in [6, 6.07) is 15.6. The van der Waals surface area contributed by atoms with E-state index < -0.39 is 0 Å². The average molecular weight is 490 g/mol. The molecule has 1 aliphatic carbocycles.